The van der Waals surface area contributed by atoms with E-state index in [1.165, 1.54) is 10.4 Å². The summed E-state index contributed by atoms with van der Waals surface area (Å²) in [5, 5.41) is 5.23. The van der Waals surface area contributed by atoms with Crippen LogP contribution in [0, 0.1) is 0 Å². The molecule has 0 aromatic carbocycles. The average molecular weight is 335 g/mol. The number of aryl methyl sites for hydroxylation is 1. The van der Waals surface area contributed by atoms with Crippen LogP contribution in [-0.2, 0) is 11.2 Å². The van der Waals surface area contributed by atoms with Crippen molar-refractivity contribution >= 4 is 41.4 Å². The van der Waals surface area contributed by atoms with Crippen LogP contribution >= 0.6 is 35.5 Å². The summed E-state index contributed by atoms with van der Waals surface area (Å²) in [5.74, 6) is 1.15. The summed E-state index contributed by atoms with van der Waals surface area (Å²) in [5.41, 5.74) is 6.82. The topological polar surface area (TPSA) is 55.1 Å². The maximum atomic E-state index is 12.6. The first kappa shape index (κ1) is 17.8. The molecular formula is C14H23ClN2OS2. The highest BCUT2D eigenvalue weighted by Crippen LogP contribution is 2.39. The molecule has 1 aliphatic rings. The van der Waals surface area contributed by atoms with Crippen molar-refractivity contribution in [3.05, 3.63) is 21.9 Å². The second-order valence-electron chi connectivity index (χ2n) is 4.98. The maximum Gasteiger partial charge on any atom is 0.238 e. The summed E-state index contributed by atoms with van der Waals surface area (Å²) in [6.07, 6.45) is 2.84. The Balaban J connectivity index is 0.00000200. The second-order valence-corrected chi connectivity index (χ2v) is 7.19. The van der Waals surface area contributed by atoms with E-state index >= 15 is 0 Å². The monoisotopic (exact) mass is 334 g/mol. The van der Waals surface area contributed by atoms with E-state index in [4.69, 9.17) is 5.73 Å². The molecule has 0 bridgehead atoms. The molecule has 0 saturated heterocycles. The van der Waals surface area contributed by atoms with E-state index in [0.29, 0.717) is 6.54 Å². The van der Waals surface area contributed by atoms with Gasteiger partial charge >= 0.3 is 0 Å². The summed E-state index contributed by atoms with van der Waals surface area (Å²) in [4.78, 5) is 13.9. The summed E-state index contributed by atoms with van der Waals surface area (Å²) in [6.45, 7) is 4.67. The van der Waals surface area contributed by atoms with Gasteiger partial charge in [0.25, 0.3) is 0 Å². The molecule has 1 aliphatic heterocycles. The number of thioether (sulfide) groups is 1. The molecule has 1 aromatic heterocycles. The van der Waals surface area contributed by atoms with E-state index in [1.54, 1.807) is 23.1 Å². The van der Waals surface area contributed by atoms with Crippen LogP contribution < -0.4 is 11.1 Å². The Labute approximate surface area is 135 Å². The fourth-order valence-corrected chi connectivity index (χ4v) is 4.75. The molecule has 2 heterocycles. The van der Waals surface area contributed by atoms with E-state index in [1.807, 2.05) is 0 Å². The Kier molecular flexibility index (Phi) is 6.85. The highest BCUT2D eigenvalue weighted by Gasteiger charge is 2.33. The highest BCUT2D eigenvalue weighted by atomic mass is 35.5. The van der Waals surface area contributed by atoms with Crippen molar-refractivity contribution in [1.29, 1.82) is 0 Å². The van der Waals surface area contributed by atoms with Crippen molar-refractivity contribution in [3.63, 3.8) is 0 Å². The standard InChI is InChI=1S/C14H22N2OS2.ClH/c1-3-14(4-2,9-15)16-13(17)12-10-5-7-18-11(10)6-8-19-12;/h5,7,12H,3-4,6,8-9,15H2,1-2H3,(H,16,17);1H. The lowest BCUT2D eigenvalue weighted by Gasteiger charge is -2.34. The fourth-order valence-electron chi connectivity index (χ4n) is 2.46. The Morgan fingerprint density at radius 2 is 2.20 bits per heavy atom. The fraction of sp³-hybridized carbons (Fsp3) is 0.643. The molecule has 6 heteroatoms. The van der Waals surface area contributed by atoms with Crippen molar-refractivity contribution in [2.24, 2.45) is 5.73 Å². The third kappa shape index (κ3) is 3.50. The summed E-state index contributed by atoms with van der Waals surface area (Å²) in [7, 11) is 0. The van der Waals surface area contributed by atoms with Crippen molar-refractivity contribution in [2.75, 3.05) is 12.3 Å². The zero-order chi connectivity index (χ0) is 13.9. The number of rotatable bonds is 5. The minimum Gasteiger partial charge on any atom is -0.348 e. The van der Waals surface area contributed by atoms with Crippen LogP contribution in [-0.4, -0.2) is 23.7 Å². The predicted molar refractivity (Wildman–Crippen MR) is 91.0 cm³/mol. The summed E-state index contributed by atoms with van der Waals surface area (Å²) < 4.78 is 0. The van der Waals surface area contributed by atoms with E-state index in [2.05, 4.69) is 30.6 Å². The first-order valence-corrected chi connectivity index (χ1v) is 8.78. The van der Waals surface area contributed by atoms with Gasteiger partial charge in [-0.25, -0.2) is 0 Å². The zero-order valence-electron chi connectivity index (χ0n) is 12.0. The number of carbonyl (C=O) groups is 1. The van der Waals surface area contributed by atoms with Crippen LogP contribution in [0.1, 0.15) is 42.4 Å². The van der Waals surface area contributed by atoms with Gasteiger partial charge in [0.2, 0.25) is 5.91 Å². The first-order chi connectivity index (χ1) is 9.15. The quantitative estimate of drug-likeness (QED) is 0.869. The maximum absolute atomic E-state index is 12.6. The lowest BCUT2D eigenvalue weighted by molar-refractivity contribution is -0.122. The van der Waals surface area contributed by atoms with Gasteiger partial charge in [-0.05, 0) is 42.0 Å². The number of fused-ring (bicyclic) bond motifs is 1. The summed E-state index contributed by atoms with van der Waals surface area (Å²) in [6, 6.07) is 2.10. The number of hydrogen-bond donors (Lipinski definition) is 2. The molecule has 0 saturated carbocycles. The number of carbonyl (C=O) groups excluding carboxylic acids is 1. The second kappa shape index (κ2) is 7.69. The molecule has 3 N–H and O–H groups in total. The first-order valence-electron chi connectivity index (χ1n) is 6.85. The van der Waals surface area contributed by atoms with E-state index in [9.17, 15) is 4.79 Å². The molecule has 0 fully saturated rings. The number of amides is 1. The largest absolute Gasteiger partial charge is 0.348 e. The van der Waals surface area contributed by atoms with Crippen molar-refractivity contribution in [2.45, 2.75) is 43.9 Å². The predicted octanol–water partition coefficient (Wildman–Crippen LogP) is 3.13. The van der Waals surface area contributed by atoms with Crippen LogP contribution in [0.3, 0.4) is 0 Å². The Morgan fingerprint density at radius 1 is 1.50 bits per heavy atom. The Bertz CT molecular complexity index is 438. The highest BCUT2D eigenvalue weighted by molar-refractivity contribution is 8.00. The number of thiophene rings is 1. The lowest BCUT2D eigenvalue weighted by atomic mass is 9.92. The number of nitrogens with two attached hydrogens (primary N) is 1. The van der Waals surface area contributed by atoms with Gasteiger partial charge in [0, 0.05) is 11.4 Å². The molecule has 0 aliphatic carbocycles. The molecule has 1 amide bonds. The SMILES string of the molecule is CCC(CC)(CN)NC(=O)C1SCCc2sccc21.Cl. The molecule has 1 unspecified atom stereocenters. The van der Waals surface area contributed by atoms with Gasteiger partial charge in [0.15, 0.2) is 0 Å². The van der Waals surface area contributed by atoms with Crippen LogP contribution in [0.2, 0.25) is 0 Å². The van der Waals surface area contributed by atoms with Crippen LogP contribution in [0.25, 0.3) is 0 Å². The van der Waals surface area contributed by atoms with Gasteiger partial charge in [0.05, 0.1) is 5.54 Å². The minimum absolute atomic E-state index is 0. The molecule has 3 nitrogen and oxygen atoms in total. The average Bonchev–Trinajstić information content (AvgIpc) is 2.93. The van der Waals surface area contributed by atoms with E-state index in [-0.39, 0.29) is 29.1 Å². The third-order valence-electron chi connectivity index (χ3n) is 4.05. The minimum atomic E-state index is -0.245. The van der Waals surface area contributed by atoms with Gasteiger partial charge < -0.3 is 11.1 Å². The van der Waals surface area contributed by atoms with Crippen molar-refractivity contribution in [3.8, 4) is 0 Å². The lowest BCUT2D eigenvalue weighted by Crippen LogP contribution is -2.54. The van der Waals surface area contributed by atoms with Gasteiger partial charge in [-0.1, -0.05) is 13.8 Å². The van der Waals surface area contributed by atoms with Gasteiger partial charge in [-0.3, -0.25) is 4.79 Å². The van der Waals surface area contributed by atoms with E-state index < -0.39 is 0 Å². The normalized spacial score (nSPS) is 18.1. The third-order valence-corrected chi connectivity index (χ3v) is 6.28. The number of nitrogens with one attached hydrogen (secondary N) is 1. The molecular weight excluding hydrogens is 312 g/mol. The van der Waals surface area contributed by atoms with Crippen molar-refractivity contribution < 1.29 is 4.79 Å². The molecule has 1 aromatic rings. The molecule has 2 rings (SSSR count). The molecule has 0 radical (unpaired) electrons. The molecule has 114 valence electrons. The Hall–Kier alpha value is -0.230. The number of halogens is 1. The van der Waals surface area contributed by atoms with E-state index in [0.717, 1.165) is 25.0 Å². The molecule has 20 heavy (non-hydrogen) atoms. The zero-order valence-corrected chi connectivity index (χ0v) is 14.4. The van der Waals surface area contributed by atoms with Crippen molar-refractivity contribution in [1.82, 2.24) is 5.32 Å². The summed E-state index contributed by atoms with van der Waals surface area (Å²) >= 11 is 3.51. The van der Waals surface area contributed by atoms with Gasteiger partial charge in [-0.15, -0.1) is 35.5 Å². The number of hydrogen-bond acceptors (Lipinski definition) is 4. The molecule has 1 atom stereocenters. The van der Waals surface area contributed by atoms with Gasteiger partial charge in [-0.2, -0.15) is 0 Å². The molecule has 0 spiro atoms. The van der Waals surface area contributed by atoms with Gasteiger partial charge in [0.1, 0.15) is 5.25 Å². The van der Waals surface area contributed by atoms with Crippen LogP contribution in [0.5, 0.6) is 0 Å². The Morgan fingerprint density at radius 3 is 2.80 bits per heavy atom. The van der Waals surface area contributed by atoms with Crippen LogP contribution in [0.15, 0.2) is 11.4 Å². The smallest absolute Gasteiger partial charge is 0.238 e. The van der Waals surface area contributed by atoms with Crippen LogP contribution in [0.4, 0.5) is 0 Å².